The number of carbonyl (C=O) groups is 2. The lowest BCUT2D eigenvalue weighted by Gasteiger charge is -2.29. The highest BCUT2D eigenvalue weighted by Gasteiger charge is 2.27. The van der Waals surface area contributed by atoms with E-state index in [1.807, 2.05) is 39.0 Å². The van der Waals surface area contributed by atoms with Crippen LogP contribution in [-0.2, 0) is 4.74 Å². The molecule has 1 amide bonds. The zero-order valence-electron chi connectivity index (χ0n) is 14.5. The lowest BCUT2D eigenvalue weighted by molar-refractivity contribution is 0.0270. The smallest absolute Gasteiger partial charge is 0.410 e. The van der Waals surface area contributed by atoms with Gasteiger partial charge in [-0.25, -0.2) is 9.59 Å². The van der Waals surface area contributed by atoms with E-state index in [1.54, 1.807) is 17.0 Å². The van der Waals surface area contributed by atoms with E-state index in [4.69, 9.17) is 9.15 Å². The standard InChI is InChI=1S/C19H21NO5/c1-19(2,3)25-18(23)20-10-8-12(9-11-20)15-13-6-4-5-7-14(13)24-16(15)17(21)22/h4-8H,9-11H2,1-3H3,(H,21,22). The molecule has 1 aliphatic heterocycles. The van der Waals surface area contributed by atoms with Crippen LogP contribution in [0.5, 0.6) is 0 Å². The third kappa shape index (κ3) is 3.52. The van der Waals surface area contributed by atoms with Gasteiger partial charge in [0.15, 0.2) is 0 Å². The Kier molecular flexibility index (Phi) is 4.29. The Morgan fingerprint density at radius 1 is 1.24 bits per heavy atom. The first-order valence-corrected chi connectivity index (χ1v) is 8.18. The number of para-hydroxylation sites is 1. The van der Waals surface area contributed by atoms with Crippen molar-refractivity contribution in [1.82, 2.24) is 4.90 Å². The minimum absolute atomic E-state index is 0.0573. The highest BCUT2D eigenvalue weighted by molar-refractivity contribution is 6.02. The predicted molar refractivity (Wildman–Crippen MR) is 93.6 cm³/mol. The highest BCUT2D eigenvalue weighted by Crippen LogP contribution is 2.34. The largest absolute Gasteiger partial charge is 0.475 e. The van der Waals surface area contributed by atoms with Crippen LogP contribution in [0.1, 0.15) is 43.3 Å². The van der Waals surface area contributed by atoms with Crippen LogP contribution in [0.2, 0.25) is 0 Å². The van der Waals surface area contributed by atoms with Gasteiger partial charge in [0, 0.05) is 24.0 Å². The van der Waals surface area contributed by atoms with Crippen LogP contribution in [-0.4, -0.2) is 40.8 Å². The van der Waals surface area contributed by atoms with Crippen molar-refractivity contribution in [3.05, 3.63) is 41.7 Å². The number of hydrogen-bond donors (Lipinski definition) is 1. The van der Waals surface area contributed by atoms with E-state index in [-0.39, 0.29) is 11.9 Å². The Morgan fingerprint density at radius 3 is 2.56 bits per heavy atom. The molecule has 6 heteroatoms. The zero-order valence-corrected chi connectivity index (χ0v) is 14.5. The SMILES string of the molecule is CC(C)(C)OC(=O)N1CC=C(c2c(C(=O)O)oc3ccccc23)CC1. The van der Waals surface area contributed by atoms with Gasteiger partial charge < -0.3 is 19.2 Å². The van der Waals surface area contributed by atoms with Crippen molar-refractivity contribution < 1.29 is 23.8 Å². The van der Waals surface area contributed by atoms with Gasteiger partial charge in [0.2, 0.25) is 5.76 Å². The number of amides is 1. The number of carboxylic acid groups (broad SMARTS) is 1. The topological polar surface area (TPSA) is 80.0 Å². The molecule has 3 rings (SSSR count). The van der Waals surface area contributed by atoms with Crippen LogP contribution in [0.15, 0.2) is 34.8 Å². The lowest BCUT2D eigenvalue weighted by Crippen LogP contribution is -2.39. The molecule has 0 spiro atoms. The van der Waals surface area contributed by atoms with E-state index in [9.17, 15) is 14.7 Å². The first-order valence-electron chi connectivity index (χ1n) is 8.18. The maximum absolute atomic E-state index is 12.2. The normalized spacial score (nSPS) is 15.2. The molecular formula is C19H21NO5. The van der Waals surface area contributed by atoms with Crippen molar-refractivity contribution >= 4 is 28.6 Å². The molecule has 0 fully saturated rings. The van der Waals surface area contributed by atoms with Crippen molar-refractivity contribution in [2.75, 3.05) is 13.1 Å². The molecule has 0 saturated carbocycles. The second-order valence-corrected chi connectivity index (χ2v) is 7.01. The van der Waals surface area contributed by atoms with Crippen molar-refractivity contribution in [1.29, 1.82) is 0 Å². The Labute approximate surface area is 145 Å². The van der Waals surface area contributed by atoms with Crippen LogP contribution in [0, 0.1) is 0 Å². The summed E-state index contributed by atoms with van der Waals surface area (Å²) in [6.45, 7) is 6.33. The summed E-state index contributed by atoms with van der Waals surface area (Å²) in [6, 6.07) is 7.26. The average Bonchev–Trinajstić information content (AvgIpc) is 2.93. The molecule has 0 bridgehead atoms. The molecule has 0 unspecified atom stereocenters. The van der Waals surface area contributed by atoms with Gasteiger partial charge in [0.05, 0.1) is 0 Å². The van der Waals surface area contributed by atoms with Gasteiger partial charge in [-0.2, -0.15) is 0 Å². The van der Waals surface area contributed by atoms with Crippen LogP contribution in [0.3, 0.4) is 0 Å². The molecule has 1 aromatic carbocycles. The summed E-state index contributed by atoms with van der Waals surface area (Å²) >= 11 is 0. The predicted octanol–water partition coefficient (Wildman–Crippen LogP) is 4.16. The van der Waals surface area contributed by atoms with Crippen molar-refractivity contribution in [3.8, 4) is 0 Å². The van der Waals surface area contributed by atoms with Crippen LogP contribution in [0.25, 0.3) is 16.5 Å². The van der Waals surface area contributed by atoms with Crippen molar-refractivity contribution in [3.63, 3.8) is 0 Å². The van der Waals surface area contributed by atoms with Gasteiger partial charge in [-0.3, -0.25) is 0 Å². The Bertz CT molecular complexity index is 856. The Morgan fingerprint density at radius 2 is 1.96 bits per heavy atom. The number of furan rings is 1. The Hall–Kier alpha value is -2.76. The number of benzene rings is 1. The number of fused-ring (bicyclic) bond motifs is 1. The zero-order chi connectivity index (χ0) is 18.2. The number of aromatic carboxylic acids is 1. The maximum Gasteiger partial charge on any atom is 0.410 e. The van der Waals surface area contributed by atoms with Crippen LogP contribution < -0.4 is 0 Å². The number of carboxylic acids is 1. The van der Waals surface area contributed by atoms with Crippen LogP contribution in [0.4, 0.5) is 4.79 Å². The summed E-state index contributed by atoms with van der Waals surface area (Å²) in [5, 5.41) is 10.2. The number of nitrogens with zero attached hydrogens (tertiary/aromatic N) is 1. The van der Waals surface area contributed by atoms with Gasteiger partial charge in [-0.05, 0) is 38.8 Å². The maximum atomic E-state index is 12.2. The quantitative estimate of drug-likeness (QED) is 0.886. The molecule has 0 aliphatic carbocycles. The minimum atomic E-state index is -1.10. The minimum Gasteiger partial charge on any atom is -0.475 e. The fraction of sp³-hybridized carbons (Fsp3) is 0.368. The van der Waals surface area contributed by atoms with Crippen molar-refractivity contribution in [2.45, 2.75) is 32.8 Å². The van der Waals surface area contributed by atoms with Crippen LogP contribution >= 0.6 is 0 Å². The van der Waals surface area contributed by atoms with E-state index in [1.165, 1.54) is 0 Å². The number of carbonyl (C=O) groups excluding carboxylic acids is 1. The summed E-state index contributed by atoms with van der Waals surface area (Å²) in [7, 11) is 0. The summed E-state index contributed by atoms with van der Waals surface area (Å²) in [5.74, 6) is -1.15. The average molecular weight is 343 g/mol. The highest BCUT2D eigenvalue weighted by atomic mass is 16.6. The van der Waals surface area contributed by atoms with E-state index < -0.39 is 11.6 Å². The first kappa shape index (κ1) is 17.1. The van der Waals surface area contributed by atoms with E-state index in [0.717, 1.165) is 11.0 Å². The summed E-state index contributed by atoms with van der Waals surface area (Å²) in [4.78, 5) is 25.3. The van der Waals surface area contributed by atoms with E-state index >= 15 is 0 Å². The second-order valence-electron chi connectivity index (χ2n) is 7.01. The molecule has 2 aromatic rings. The molecule has 1 aliphatic rings. The Balaban J connectivity index is 1.89. The molecule has 132 valence electrons. The third-order valence-electron chi connectivity index (χ3n) is 3.97. The van der Waals surface area contributed by atoms with E-state index in [2.05, 4.69) is 0 Å². The molecule has 2 heterocycles. The molecule has 1 N–H and O–H groups in total. The third-order valence-corrected chi connectivity index (χ3v) is 3.97. The molecule has 0 radical (unpaired) electrons. The fourth-order valence-electron chi connectivity index (χ4n) is 2.90. The molecule has 0 saturated heterocycles. The molecule has 25 heavy (non-hydrogen) atoms. The lowest BCUT2D eigenvalue weighted by atomic mass is 9.96. The van der Waals surface area contributed by atoms with Gasteiger partial charge in [-0.15, -0.1) is 0 Å². The van der Waals surface area contributed by atoms with Crippen molar-refractivity contribution in [2.24, 2.45) is 0 Å². The van der Waals surface area contributed by atoms with E-state index in [0.29, 0.717) is 30.7 Å². The molecular weight excluding hydrogens is 322 g/mol. The number of rotatable bonds is 2. The number of hydrogen-bond acceptors (Lipinski definition) is 4. The van der Waals surface area contributed by atoms with Gasteiger partial charge >= 0.3 is 12.1 Å². The second kappa shape index (κ2) is 6.27. The molecule has 1 aromatic heterocycles. The van der Waals surface area contributed by atoms with Gasteiger partial charge in [0.1, 0.15) is 11.2 Å². The fourth-order valence-corrected chi connectivity index (χ4v) is 2.90. The molecule has 0 atom stereocenters. The summed E-state index contributed by atoms with van der Waals surface area (Å²) < 4.78 is 10.9. The monoisotopic (exact) mass is 343 g/mol. The summed E-state index contributed by atoms with van der Waals surface area (Å²) in [5.41, 5.74) is 1.48. The summed E-state index contributed by atoms with van der Waals surface area (Å²) in [6.07, 6.45) is 2.05. The van der Waals surface area contributed by atoms with Gasteiger partial charge in [-0.1, -0.05) is 24.3 Å². The molecule has 6 nitrogen and oxygen atoms in total. The van der Waals surface area contributed by atoms with Gasteiger partial charge in [0.25, 0.3) is 0 Å². The first-order chi connectivity index (χ1) is 11.8. The number of ether oxygens (including phenoxy) is 1.